The van der Waals surface area contributed by atoms with Crippen LogP contribution in [0.5, 0.6) is 0 Å². The topological polar surface area (TPSA) is 283 Å². The van der Waals surface area contributed by atoms with E-state index in [1.54, 1.807) is 0 Å². The number of nitrogen functional groups attached to an aromatic ring is 2. The van der Waals surface area contributed by atoms with Crippen LogP contribution < -0.4 is 17.0 Å². The van der Waals surface area contributed by atoms with Crippen LogP contribution in [0.15, 0.2) is 23.8 Å². The number of rotatable bonds is 2. The van der Waals surface area contributed by atoms with Crippen LogP contribution in [0.4, 0.5) is 11.8 Å². The predicted octanol–water partition coefficient (Wildman–Crippen LogP) is -2.07. The first-order valence-electron chi connectivity index (χ1n) is 12.7. The summed E-state index contributed by atoms with van der Waals surface area (Å²) in [6.07, 6.45) is -5.54. The lowest BCUT2D eigenvalue weighted by Crippen LogP contribution is -2.37. The average molecular weight is 608 g/mol. The van der Waals surface area contributed by atoms with Gasteiger partial charge in [-0.15, -0.1) is 0 Å². The Hall–Kier alpha value is -3.59. The Morgan fingerprint density at radius 1 is 0.952 bits per heavy atom. The molecule has 20 nitrogen and oxygen atoms in total. The highest BCUT2D eigenvalue weighted by Crippen LogP contribution is 2.50. The number of fused-ring (bicyclic) bond motifs is 4. The lowest BCUT2D eigenvalue weighted by Gasteiger charge is -2.23. The molecule has 0 radical (unpaired) electrons. The molecule has 9 unspecified atom stereocenters. The van der Waals surface area contributed by atoms with Gasteiger partial charge in [0.25, 0.3) is 5.56 Å². The molecule has 0 aromatic carbocycles. The van der Waals surface area contributed by atoms with Crippen LogP contribution in [0.1, 0.15) is 18.9 Å². The molecule has 0 aliphatic carbocycles. The smallest absolute Gasteiger partial charge is 0.386 e. The van der Waals surface area contributed by atoms with Crippen molar-refractivity contribution >= 4 is 41.9 Å². The van der Waals surface area contributed by atoms with Crippen LogP contribution >= 0.6 is 7.82 Å². The van der Waals surface area contributed by atoms with Gasteiger partial charge < -0.3 is 40.8 Å². The van der Waals surface area contributed by atoms with E-state index < -0.39 is 69.1 Å². The van der Waals surface area contributed by atoms with Crippen molar-refractivity contribution in [1.82, 2.24) is 39.0 Å². The summed E-state index contributed by atoms with van der Waals surface area (Å²) < 4.78 is 44.3. The van der Waals surface area contributed by atoms with E-state index >= 15 is 0 Å². The number of phosphoric acid groups is 1. The summed E-state index contributed by atoms with van der Waals surface area (Å²) in [7, 11) is -4.82. The maximum Gasteiger partial charge on any atom is 0.472 e. The summed E-state index contributed by atoms with van der Waals surface area (Å²) in [5, 5.41) is 22.3. The van der Waals surface area contributed by atoms with E-state index in [-0.39, 0.29) is 36.0 Å². The highest BCUT2D eigenvalue weighted by Gasteiger charge is 2.52. The second-order valence-electron chi connectivity index (χ2n) is 9.93. The molecule has 42 heavy (non-hydrogen) atoms. The average Bonchev–Trinajstić information content (AvgIpc) is 3.69. The zero-order valence-corrected chi connectivity index (χ0v) is 22.3. The maximum absolute atomic E-state index is 13.0. The van der Waals surface area contributed by atoms with E-state index in [4.69, 9.17) is 34.7 Å². The second-order valence-corrected chi connectivity index (χ2v) is 11.3. The van der Waals surface area contributed by atoms with Crippen LogP contribution in [0.25, 0.3) is 22.3 Å². The van der Waals surface area contributed by atoms with Crippen LogP contribution in [-0.4, -0.2) is 104 Å². The lowest BCUT2D eigenvalue weighted by molar-refractivity contribution is -0.0723. The van der Waals surface area contributed by atoms with E-state index in [0.717, 1.165) is 0 Å². The van der Waals surface area contributed by atoms with Gasteiger partial charge in [0.15, 0.2) is 35.1 Å². The van der Waals surface area contributed by atoms with Gasteiger partial charge in [-0.1, -0.05) is 0 Å². The summed E-state index contributed by atoms with van der Waals surface area (Å²) >= 11 is 0. The molecule has 9 atom stereocenters. The molecule has 4 aromatic rings. The van der Waals surface area contributed by atoms with E-state index in [1.165, 1.54) is 28.1 Å². The van der Waals surface area contributed by atoms with Crippen molar-refractivity contribution in [3.63, 3.8) is 0 Å². The minimum Gasteiger partial charge on any atom is -0.386 e. The molecule has 224 valence electrons. The number of aromatic amines is 1. The number of aliphatic hydroxyl groups excluding tert-OH is 2. The summed E-state index contributed by atoms with van der Waals surface area (Å²) in [5.41, 5.74) is 11.5. The summed E-state index contributed by atoms with van der Waals surface area (Å²) in [4.78, 5) is 45.4. The number of nitrogens with one attached hydrogen (secondary N) is 1. The van der Waals surface area contributed by atoms with Crippen molar-refractivity contribution in [2.24, 2.45) is 0 Å². The number of hydrogen-bond donors (Lipinski definition) is 6. The number of hydrogen-bond acceptors (Lipinski definition) is 16. The standard InChI is InChI=1S/C21H25N10O10P/c22-15-9-16(25-4-24-15)30(5-26-9)19-11(32)13-8(40-19)3-38-42(35,36)41-14-7(1-2-37-13)39-20(12(14)33)31-6-27-10-17(31)28-21(23)29-18(10)34/h4-8,11-14,19-20,32-33H,1-3H2,(H,35,36)(H2,22,24,25)(H3,23,28,29,34). The van der Waals surface area contributed by atoms with E-state index in [9.17, 15) is 24.5 Å². The fourth-order valence-corrected chi connectivity index (χ4v) is 6.42. The first-order chi connectivity index (χ1) is 20.1. The Kier molecular flexibility index (Phi) is 6.49. The lowest BCUT2D eigenvalue weighted by atomic mass is 10.1. The molecule has 8 N–H and O–H groups in total. The Bertz CT molecular complexity index is 1760. The summed E-state index contributed by atoms with van der Waals surface area (Å²) in [6.45, 7) is -0.547. The van der Waals surface area contributed by atoms with Gasteiger partial charge in [0, 0.05) is 6.61 Å². The number of H-pyrrole nitrogens is 1. The zero-order chi connectivity index (χ0) is 29.3. The number of ether oxygens (including phenoxy) is 3. The first-order valence-corrected chi connectivity index (χ1v) is 14.2. The fraction of sp³-hybridized carbons (Fsp3) is 0.524. The third-order valence-electron chi connectivity index (χ3n) is 7.37. The largest absolute Gasteiger partial charge is 0.472 e. The number of nitrogens with two attached hydrogens (primary N) is 2. The highest BCUT2D eigenvalue weighted by molar-refractivity contribution is 7.47. The number of phosphoric ester groups is 1. The molecule has 3 saturated heterocycles. The third-order valence-corrected chi connectivity index (χ3v) is 8.36. The Morgan fingerprint density at radius 2 is 1.64 bits per heavy atom. The molecule has 3 fully saturated rings. The van der Waals surface area contributed by atoms with Gasteiger partial charge in [0.05, 0.1) is 25.4 Å². The molecule has 0 saturated carbocycles. The number of aromatic nitrogens is 8. The van der Waals surface area contributed by atoms with E-state index in [1.807, 2.05) is 0 Å². The predicted molar refractivity (Wildman–Crippen MR) is 137 cm³/mol. The van der Waals surface area contributed by atoms with Crippen molar-refractivity contribution in [3.8, 4) is 0 Å². The number of imidazole rings is 2. The molecule has 7 heterocycles. The monoisotopic (exact) mass is 608 g/mol. The third kappa shape index (κ3) is 4.44. The van der Waals surface area contributed by atoms with E-state index in [0.29, 0.717) is 11.2 Å². The molecular weight excluding hydrogens is 583 g/mol. The summed E-state index contributed by atoms with van der Waals surface area (Å²) in [6, 6.07) is 0. The molecule has 3 aliphatic heterocycles. The van der Waals surface area contributed by atoms with Crippen molar-refractivity contribution in [3.05, 3.63) is 29.3 Å². The number of anilines is 2. The SMILES string of the molecule is Nc1nc2c(ncn2C2OC3CCOC4C(COP(=O)(O)OC3C2O)OC(n2cnc3c(N)ncnc32)C4O)c(=O)[nH]1. The maximum atomic E-state index is 13.0. The fourth-order valence-electron chi connectivity index (χ4n) is 5.46. The minimum absolute atomic E-state index is 0.0275. The minimum atomic E-state index is -4.82. The Labute approximate surface area is 233 Å². The van der Waals surface area contributed by atoms with Crippen LogP contribution in [0.2, 0.25) is 0 Å². The highest BCUT2D eigenvalue weighted by atomic mass is 31.2. The quantitative estimate of drug-likeness (QED) is 0.133. The zero-order valence-electron chi connectivity index (χ0n) is 21.4. The summed E-state index contributed by atoms with van der Waals surface area (Å²) in [5.74, 6) is -0.0412. The normalized spacial score (nSPS) is 35.7. The Morgan fingerprint density at radius 3 is 2.43 bits per heavy atom. The molecule has 21 heteroatoms. The molecular formula is C21H25N10O10P. The van der Waals surface area contributed by atoms with Crippen molar-refractivity contribution in [1.29, 1.82) is 0 Å². The molecule has 7 rings (SSSR count). The number of aliphatic hydroxyl groups is 2. The molecule has 4 aromatic heterocycles. The van der Waals surface area contributed by atoms with Gasteiger partial charge in [-0.25, -0.2) is 24.5 Å². The van der Waals surface area contributed by atoms with E-state index in [2.05, 4.69) is 29.9 Å². The van der Waals surface area contributed by atoms with Crippen molar-refractivity contribution in [2.75, 3.05) is 24.7 Å². The van der Waals surface area contributed by atoms with Gasteiger partial charge in [-0.3, -0.25) is 28.0 Å². The van der Waals surface area contributed by atoms with Gasteiger partial charge in [-0.2, -0.15) is 4.98 Å². The van der Waals surface area contributed by atoms with Gasteiger partial charge >= 0.3 is 7.82 Å². The molecule has 0 amide bonds. The molecule has 0 spiro atoms. The van der Waals surface area contributed by atoms with Crippen molar-refractivity contribution in [2.45, 2.75) is 55.5 Å². The molecule has 3 aliphatic rings. The second kappa shape index (κ2) is 10.0. The van der Waals surface area contributed by atoms with Crippen LogP contribution in [0, 0.1) is 0 Å². The van der Waals surface area contributed by atoms with Crippen molar-refractivity contribution < 1.29 is 42.9 Å². The number of nitrogens with zero attached hydrogens (tertiary/aromatic N) is 7. The van der Waals surface area contributed by atoms with Gasteiger partial charge in [-0.05, 0) is 6.42 Å². The molecule has 0 bridgehead atoms. The van der Waals surface area contributed by atoms with Gasteiger partial charge in [0.2, 0.25) is 5.95 Å². The van der Waals surface area contributed by atoms with Crippen LogP contribution in [0.3, 0.4) is 0 Å². The first kappa shape index (κ1) is 27.3. The van der Waals surface area contributed by atoms with Crippen LogP contribution in [-0.2, 0) is 27.8 Å². The van der Waals surface area contributed by atoms with Gasteiger partial charge in [0.1, 0.15) is 42.4 Å². The Balaban J connectivity index is 1.15.